The third-order valence-corrected chi connectivity index (χ3v) is 4.72. The number of hydrogen-bond acceptors (Lipinski definition) is 3. The average molecular weight is 323 g/mol. The highest BCUT2D eigenvalue weighted by atomic mass is 16.1. The quantitative estimate of drug-likeness (QED) is 0.888. The van der Waals surface area contributed by atoms with Crippen molar-refractivity contribution in [3.8, 4) is 0 Å². The number of amides is 1. The van der Waals surface area contributed by atoms with E-state index in [1.807, 2.05) is 18.2 Å². The maximum atomic E-state index is 11.9. The number of likely N-dealkylation sites (tertiary alicyclic amines) is 1. The maximum absolute atomic E-state index is 11.9. The minimum absolute atomic E-state index is 0.0448. The molecule has 1 fully saturated rings. The van der Waals surface area contributed by atoms with Gasteiger partial charge in [0.25, 0.3) is 0 Å². The number of aromatic nitrogens is 1. The van der Waals surface area contributed by atoms with Crippen LogP contribution >= 0.6 is 0 Å². The highest BCUT2D eigenvalue weighted by Crippen LogP contribution is 2.28. The van der Waals surface area contributed by atoms with Gasteiger partial charge in [0.05, 0.1) is 6.42 Å². The molecule has 1 unspecified atom stereocenters. The van der Waals surface area contributed by atoms with Crippen LogP contribution in [0.5, 0.6) is 0 Å². The minimum Gasteiger partial charge on any atom is -0.354 e. The van der Waals surface area contributed by atoms with Gasteiger partial charge in [0.2, 0.25) is 5.91 Å². The summed E-state index contributed by atoms with van der Waals surface area (Å²) in [4.78, 5) is 18.6. The molecule has 0 aliphatic carbocycles. The van der Waals surface area contributed by atoms with Crippen LogP contribution in [-0.2, 0) is 11.2 Å². The van der Waals surface area contributed by atoms with E-state index in [1.54, 1.807) is 6.20 Å². The van der Waals surface area contributed by atoms with E-state index in [9.17, 15) is 4.79 Å². The van der Waals surface area contributed by atoms with Gasteiger partial charge in [-0.1, -0.05) is 30.3 Å². The third-order valence-electron chi connectivity index (χ3n) is 4.72. The van der Waals surface area contributed by atoms with Crippen LogP contribution < -0.4 is 5.32 Å². The van der Waals surface area contributed by atoms with Crippen LogP contribution in [0.15, 0.2) is 48.7 Å². The Bertz CT molecular complexity index is 672. The Morgan fingerprint density at radius 2 is 2.08 bits per heavy atom. The van der Waals surface area contributed by atoms with Crippen LogP contribution in [-0.4, -0.2) is 42.0 Å². The molecule has 0 radical (unpaired) electrons. The standard InChI is InChI=1S/C20H25N3O/c1-16-6-2-3-8-19(16)17-9-12-23(15-17)13-11-22-20(24)14-18-7-4-5-10-21-18/h2-8,10,17H,9,11-15H2,1H3,(H,22,24). The van der Waals surface area contributed by atoms with Gasteiger partial charge in [-0.15, -0.1) is 0 Å². The fourth-order valence-electron chi connectivity index (χ4n) is 3.42. The molecule has 2 heterocycles. The first-order valence-corrected chi connectivity index (χ1v) is 8.67. The number of rotatable bonds is 6. The van der Waals surface area contributed by atoms with E-state index >= 15 is 0 Å². The number of carbonyl (C=O) groups excluding carboxylic acids is 1. The molecule has 1 aliphatic rings. The fourth-order valence-corrected chi connectivity index (χ4v) is 3.42. The lowest BCUT2D eigenvalue weighted by molar-refractivity contribution is -0.120. The summed E-state index contributed by atoms with van der Waals surface area (Å²) in [6.07, 6.45) is 3.28. The Morgan fingerprint density at radius 3 is 2.88 bits per heavy atom. The zero-order chi connectivity index (χ0) is 16.8. The highest BCUT2D eigenvalue weighted by Gasteiger charge is 2.24. The number of nitrogens with one attached hydrogen (secondary N) is 1. The number of nitrogens with zero attached hydrogens (tertiary/aromatic N) is 2. The smallest absolute Gasteiger partial charge is 0.226 e. The van der Waals surface area contributed by atoms with Crippen molar-refractivity contribution >= 4 is 5.91 Å². The molecule has 4 nitrogen and oxygen atoms in total. The second kappa shape index (κ2) is 8.06. The normalized spacial score (nSPS) is 17.8. The Balaban J connectivity index is 1.40. The molecule has 24 heavy (non-hydrogen) atoms. The van der Waals surface area contributed by atoms with Crippen molar-refractivity contribution in [3.05, 3.63) is 65.5 Å². The Labute approximate surface area is 143 Å². The number of aryl methyl sites for hydroxylation is 1. The summed E-state index contributed by atoms with van der Waals surface area (Å²) in [6, 6.07) is 14.3. The second-order valence-corrected chi connectivity index (χ2v) is 6.49. The molecular formula is C20H25N3O. The molecule has 2 aromatic rings. The summed E-state index contributed by atoms with van der Waals surface area (Å²) in [5.41, 5.74) is 3.67. The first kappa shape index (κ1) is 16.7. The molecule has 1 N–H and O–H groups in total. The second-order valence-electron chi connectivity index (χ2n) is 6.49. The zero-order valence-corrected chi connectivity index (χ0v) is 14.2. The Morgan fingerprint density at radius 1 is 1.25 bits per heavy atom. The zero-order valence-electron chi connectivity index (χ0n) is 14.2. The fraction of sp³-hybridized carbons (Fsp3) is 0.400. The van der Waals surface area contributed by atoms with E-state index in [1.165, 1.54) is 17.5 Å². The van der Waals surface area contributed by atoms with Crippen molar-refractivity contribution < 1.29 is 4.79 Å². The van der Waals surface area contributed by atoms with Crippen LogP contribution in [0, 0.1) is 6.92 Å². The van der Waals surface area contributed by atoms with Gasteiger partial charge in [-0.05, 0) is 49.1 Å². The molecule has 0 saturated carbocycles. The summed E-state index contributed by atoms with van der Waals surface area (Å²) >= 11 is 0. The van der Waals surface area contributed by atoms with Gasteiger partial charge < -0.3 is 10.2 Å². The number of carbonyl (C=O) groups is 1. The molecule has 1 amide bonds. The summed E-state index contributed by atoms with van der Waals surface area (Å²) < 4.78 is 0. The summed E-state index contributed by atoms with van der Waals surface area (Å²) in [7, 11) is 0. The first-order chi connectivity index (χ1) is 11.7. The molecule has 0 spiro atoms. The van der Waals surface area contributed by atoms with E-state index in [2.05, 4.69) is 46.4 Å². The van der Waals surface area contributed by atoms with Gasteiger partial charge in [0, 0.05) is 31.5 Å². The lowest BCUT2D eigenvalue weighted by atomic mass is 9.94. The van der Waals surface area contributed by atoms with Crippen LogP contribution in [0.4, 0.5) is 0 Å². The van der Waals surface area contributed by atoms with E-state index in [0.717, 1.165) is 25.3 Å². The van der Waals surface area contributed by atoms with E-state index in [0.29, 0.717) is 18.9 Å². The largest absolute Gasteiger partial charge is 0.354 e. The number of pyridine rings is 1. The third kappa shape index (κ3) is 4.42. The molecule has 1 atom stereocenters. The maximum Gasteiger partial charge on any atom is 0.226 e. The van der Waals surface area contributed by atoms with Crippen molar-refractivity contribution in [1.29, 1.82) is 0 Å². The molecule has 1 aromatic carbocycles. The topological polar surface area (TPSA) is 45.2 Å². The summed E-state index contributed by atoms with van der Waals surface area (Å²) in [6.45, 7) is 5.99. The molecule has 1 aromatic heterocycles. The monoisotopic (exact) mass is 323 g/mol. The number of hydrogen-bond donors (Lipinski definition) is 1. The molecule has 126 valence electrons. The molecule has 4 heteroatoms. The molecule has 0 bridgehead atoms. The van der Waals surface area contributed by atoms with Crippen molar-refractivity contribution in [2.75, 3.05) is 26.2 Å². The lowest BCUT2D eigenvalue weighted by Crippen LogP contribution is -2.34. The summed E-state index contributed by atoms with van der Waals surface area (Å²) in [5, 5.41) is 3.00. The van der Waals surface area contributed by atoms with Crippen molar-refractivity contribution in [2.24, 2.45) is 0 Å². The van der Waals surface area contributed by atoms with Crippen LogP contribution in [0.25, 0.3) is 0 Å². The van der Waals surface area contributed by atoms with Gasteiger partial charge in [-0.2, -0.15) is 0 Å². The predicted molar refractivity (Wildman–Crippen MR) is 95.9 cm³/mol. The molecule has 1 saturated heterocycles. The molecule has 1 aliphatic heterocycles. The Kier molecular flexibility index (Phi) is 5.59. The SMILES string of the molecule is Cc1ccccc1C1CCN(CCNC(=O)Cc2ccccn2)C1. The average Bonchev–Trinajstić information content (AvgIpc) is 3.05. The van der Waals surface area contributed by atoms with Gasteiger partial charge in [0.1, 0.15) is 0 Å². The lowest BCUT2D eigenvalue weighted by Gasteiger charge is -2.17. The molecular weight excluding hydrogens is 298 g/mol. The van der Waals surface area contributed by atoms with E-state index in [-0.39, 0.29) is 5.91 Å². The number of benzene rings is 1. The molecule has 3 rings (SSSR count). The van der Waals surface area contributed by atoms with Crippen molar-refractivity contribution in [3.63, 3.8) is 0 Å². The predicted octanol–water partition coefficient (Wildman–Crippen LogP) is 2.54. The highest BCUT2D eigenvalue weighted by molar-refractivity contribution is 5.78. The van der Waals surface area contributed by atoms with E-state index in [4.69, 9.17) is 0 Å². The minimum atomic E-state index is 0.0448. The van der Waals surface area contributed by atoms with Crippen LogP contribution in [0.3, 0.4) is 0 Å². The summed E-state index contributed by atoms with van der Waals surface area (Å²) in [5.74, 6) is 0.666. The van der Waals surface area contributed by atoms with E-state index < -0.39 is 0 Å². The Hall–Kier alpha value is -2.20. The van der Waals surface area contributed by atoms with Crippen molar-refractivity contribution in [1.82, 2.24) is 15.2 Å². The van der Waals surface area contributed by atoms with Crippen LogP contribution in [0.2, 0.25) is 0 Å². The van der Waals surface area contributed by atoms with Crippen molar-refractivity contribution in [2.45, 2.75) is 25.7 Å². The first-order valence-electron chi connectivity index (χ1n) is 8.67. The van der Waals surface area contributed by atoms with Gasteiger partial charge in [0.15, 0.2) is 0 Å². The van der Waals surface area contributed by atoms with Gasteiger partial charge in [-0.25, -0.2) is 0 Å². The van der Waals surface area contributed by atoms with Crippen LogP contribution in [0.1, 0.15) is 29.2 Å². The van der Waals surface area contributed by atoms with Gasteiger partial charge in [-0.3, -0.25) is 9.78 Å². The van der Waals surface area contributed by atoms with Gasteiger partial charge >= 0.3 is 0 Å².